The predicted octanol–water partition coefficient (Wildman–Crippen LogP) is 4.94. The molecule has 3 aromatic rings. The molecule has 3 heterocycles. The molecule has 5 heteroatoms. The van der Waals surface area contributed by atoms with Crippen LogP contribution in [0.25, 0.3) is 10.2 Å². The molecule has 0 aliphatic rings. The summed E-state index contributed by atoms with van der Waals surface area (Å²) >= 11 is 5.14. The standard InChI is InChI=1S/C15H14BrN3S/c1-9-5-12(8-18-15(9)16)19-10(2)11-6-14-13(17-7-11)3-4-20-14/h3-8,10,19H,1-2H3. The summed E-state index contributed by atoms with van der Waals surface area (Å²) in [4.78, 5) is 8.79. The van der Waals surface area contributed by atoms with E-state index in [1.54, 1.807) is 11.3 Å². The Morgan fingerprint density at radius 3 is 2.90 bits per heavy atom. The van der Waals surface area contributed by atoms with Crippen LogP contribution in [0.3, 0.4) is 0 Å². The first-order valence-corrected chi connectivity index (χ1v) is 8.02. The average Bonchev–Trinajstić information content (AvgIpc) is 2.90. The second kappa shape index (κ2) is 5.50. The fraction of sp³-hybridized carbons (Fsp3) is 0.200. The van der Waals surface area contributed by atoms with E-state index in [-0.39, 0.29) is 6.04 Å². The summed E-state index contributed by atoms with van der Waals surface area (Å²) in [5, 5.41) is 5.54. The first kappa shape index (κ1) is 13.5. The van der Waals surface area contributed by atoms with Gasteiger partial charge in [-0.1, -0.05) is 0 Å². The highest BCUT2D eigenvalue weighted by atomic mass is 79.9. The molecule has 0 aliphatic heterocycles. The molecule has 1 unspecified atom stereocenters. The number of aryl methyl sites for hydroxylation is 1. The summed E-state index contributed by atoms with van der Waals surface area (Å²) in [6.07, 6.45) is 3.77. The summed E-state index contributed by atoms with van der Waals surface area (Å²) < 4.78 is 2.11. The lowest BCUT2D eigenvalue weighted by molar-refractivity contribution is 0.877. The molecular weight excluding hydrogens is 334 g/mol. The number of rotatable bonds is 3. The van der Waals surface area contributed by atoms with E-state index in [1.807, 2.05) is 25.4 Å². The minimum absolute atomic E-state index is 0.191. The van der Waals surface area contributed by atoms with Crippen LogP contribution >= 0.6 is 27.3 Å². The molecule has 3 rings (SSSR count). The van der Waals surface area contributed by atoms with Gasteiger partial charge in [0.25, 0.3) is 0 Å². The van der Waals surface area contributed by atoms with Gasteiger partial charge in [0.1, 0.15) is 4.60 Å². The van der Waals surface area contributed by atoms with E-state index in [0.717, 1.165) is 21.4 Å². The Labute approximate surface area is 130 Å². The molecule has 0 saturated heterocycles. The Kier molecular flexibility index (Phi) is 3.72. The third kappa shape index (κ3) is 2.69. The Bertz CT molecular complexity index is 754. The van der Waals surface area contributed by atoms with Crippen molar-refractivity contribution in [3.05, 3.63) is 51.7 Å². The smallest absolute Gasteiger partial charge is 0.109 e. The van der Waals surface area contributed by atoms with Gasteiger partial charge in [-0.15, -0.1) is 11.3 Å². The van der Waals surface area contributed by atoms with Crippen LogP contribution in [0.1, 0.15) is 24.1 Å². The lowest BCUT2D eigenvalue weighted by atomic mass is 10.1. The van der Waals surface area contributed by atoms with Gasteiger partial charge < -0.3 is 5.32 Å². The molecular formula is C15H14BrN3S. The summed E-state index contributed by atoms with van der Waals surface area (Å²) in [6.45, 7) is 4.17. The molecule has 0 saturated carbocycles. The van der Waals surface area contributed by atoms with E-state index in [1.165, 1.54) is 10.3 Å². The quantitative estimate of drug-likeness (QED) is 0.682. The zero-order chi connectivity index (χ0) is 14.1. The molecule has 102 valence electrons. The molecule has 20 heavy (non-hydrogen) atoms. The molecule has 0 amide bonds. The number of halogens is 1. The molecule has 0 spiro atoms. The first-order chi connectivity index (χ1) is 9.63. The van der Waals surface area contributed by atoms with Crippen molar-refractivity contribution < 1.29 is 0 Å². The Morgan fingerprint density at radius 1 is 1.25 bits per heavy atom. The zero-order valence-corrected chi connectivity index (χ0v) is 13.6. The van der Waals surface area contributed by atoms with Crippen molar-refractivity contribution in [2.75, 3.05) is 5.32 Å². The van der Waals surface area contributed by atoms with Crippen LogP contribution in [0, 0.1) is 6.92 Å². The molecule has 3 aromatic heterocycles. The van der Waals surface area contributed by atoms with Crippen LogP contribution in [0.4, 0.5) is 5.69 Å². The van der Waals surface area contributed by atoms with E-state index in [4.69, 9.17) is 0 Å². The SMILES string of the molecule is Cc1cc(NC(C)c2cnc3ccsc3c2)cnc1Br. The Balaban J connectivity index is 1.84. The molecule has 1 atom stereocenters. The molecule has 0 fully saturated rings. The lowest BCUT2D eigenvalue weighted by Crippen LogP contribution is -2.07. The highest BCUT2D eigenvalue weighted by Gasteiger charge is 2.08. The van der Waals surface area contributed by atoms with Gasteiger partial charge in [-0.05, 0) is 64.5 Å². The minimum atomic E-state index is 0.191. The van der Waals surface area contributed by atoms with Crippen molar-refractivity contribution >= 4 is 43.2 Å². The van der Waals surface area contributed by atoms with Gasteiger partial charge in [0, 0.05) is 6.20 Å². The minimum Gasteiger partial charge on any atom is -0.377 e. The average molecular weight is 348 g/mol. The zero-order valence-electron chi connectivity index (χ0n) is 11.2. The first-order valence-electron chi connectivity index (χ1n) is 6.35. The predicted molar refractivity (Wildman–Crippen MR) is 88.3 cm³/mol. The van der Waals surface area contributed by atoms with Gasteiger partial charge in [0.15, 0.2) is 0 Å². The van der Waals surface area contributed by atoms with Crippen LogP contribution in [-0.2, 0) is 0 Å². The van der Waals surface area contributed by atoms with E-state index in [0.29, 0.717) is 0 Å². The van der Waals surface area contributed by atoms with E-state index in [9.17, 15) is 0 Å². The number of aromatic nitrogens is 2. The monoisotopic (exact) mass is 347 g/mol. The van der Waals surface area contributed by atoms with Gasteiger partial charge in [0.2, 0.25) is 0 Å². The van der Waals surface area contributed by atoms with Crippen LogP contribution in [-0.4, -0.2) is 9.97 Å². The van der Waals surface area contributed by atoms with Gasteiger partial charge >= 0.3 is 0 Å². The molecule has 1 N–H and O–H groups in total. The summed E-state index contributed by atoms with van der Waals surface area (Å²) in [7, 11) is 0. The summed E-state index contributed by atoms with van der Waals surface area (Å²) in [5.41, 5.74) is 4.38. The maximum atomic E-state index is 4.48. The highest BCUT2D eigenvalue weighted by Crippen LogP contribution is 2.25. The number of hydrogen-bond acceptors (Lipinski definition) is 4. The topological polar surface area (TPSA) is 37.8 Å². The molecule has 3 nitrogen and oxygen atoms in total. The van der Waals surface area contributed by atoms with Gasteiger partial charge in [-0.2, -0.15) is 0 Å². The molecule has 0 bridgehead atoms. The maximum Gasteiger partial charge on any atom is 0.109 e. The van der Waals surface area contributed by atoms with Crippen LogP contribution in [0.2, 0.25) is 0 Å². The van der Waals surface area contributed by atoms with Crippen LogP contribution in [0.5, 0.6) is 0 Å². The fourth-order valence-electron chi connectivity index (χ4n) is 2.07. The van der Waals surface area contributed by atoms with Gasteiger partial charge in [-0.3, -0.25) is 4.98 Å². The van der Waals surface area contributed by atoms with Crippen molar-refractivity contribution in [1.29, 1.82) is 0 Å². The lowest BCUT2D eigenvalue weighted by Gasteiger charge is -2.15. The number of pyridine rings is 2. The maximum absolute atomic E-state index is 4.48. The van der Waals surface area contributed by atoms with Crippen LogP contribution in [0.15, 0.2) is 40.6 Å². The van der Waals surface area contributed by atoms with E-state index < -0.39 is 0 Å². The van der Waals surface area contributed by atoms with Crippen molar-refractivity contribution in [2.24, 2.45) is 0 Å². The molecule has 0 aliphatic carbocycles. The van der Waals surface area contributed by atoms with Crippen LogP contribution < -0.4 is 5.32 Å². The number of nitrogens with zero attached hydrogens (tertiary/aromatic N) is 2. The number of thiophene rings is 1. The van der Waals surface area contributed by atoms with E-state index >= 15 is 0 Å². The largest absolute Gasteiger partial charge is 0.377 e. The highest BCUT2D eigenvalue weighted by molar-refractivity contribution is 9.10. The summed E-state index contributed by atoms with van der Waals surface area (Å²) in [6, 6.07) is 6.52. The third-order valence-corrected chi connectivity index (χ3v) is 4.90. The van der Waals surface area contributed by atoms with Gasteiger partial charge in [-0.25, -0.2) is 4.98 Å². The van der Waals surface area contributed by atoms with Crippen molar-refractivity contribution in [2.45, 2.75) is 19.9 Å². The number of fused-ring (bicyclic) bond motifs is 1. The van der Waals surface area contributed by atoms with Gasteiger partial charge in [0.05, 0.1) is 28.1 Å². The van der Waals surface area contributed by atoms with E-state index in [2.05, 4.69) is 55.7 Å². The normalized spacial score (nSPS) is 12.6. The van der Waals surface area contributed by atoms with Crippen molar-refractivity contribution in [1.82, 2.24) is 9.97 Å². The van der Waals surface area contributed by atoms with Crippen molar-refractivity contribution in [3.8, 4) is 0 Å². The Hall–Kier alpha value is -1.46. The number of hydrogen-bond donors (Lipinski definition) is 1. The third-order valence-electron chi connectivity index (χ3n) is 3.22. The Morgan fingerprint density at radius 2 is 2.10 bits per heavy atom. The second-order valence-electron chi connectivity index (χ2n) is 4.77. The fourth-order valence-corrected chi connectivity index (χ4v) is 3.07. The molecule has 0 aromatic carbocycles. The molecule has 0 radical (unpaired) electrons. The summed E-state index contributed by atoms with van der Waals surface area (Å²) in [5.74, 6) is 0. The number of anilines is 1. The van der Waals surface area contributed by atoms with Crippen molar-refractivity contribution in [3.63, 3.8) is 0 Å². The second-order valence-corrected chi connectivity index (χ2v) is 6.47. The number of nitrogens with one attached hydrogen (secondary N) is 1.